The van der Waals surface area contributed by atoms with Crippen molar-refractivity contribution in [3.05, 3.63) is 70.8 Å². The fraction of sp³-hybridized carbons (Fsp3) is 0.300. The fourth-order valence-electron chi connectivity index (χ4n) is 4.77. The molecule has 1 unspecified atom stereocenters. The summed E-state index contributed by atoms with van der Waals surface area (Å²) < 4.78 is 17.6. The maximum absolute atomic E-state index is 13.0. The Balaban J connectivity index is 1.41. The molecule has 0 aromatic heterocycles. The molecule has 10 nitrogen and oxygen atoms in total. The first-order valence-corrected chi connectivity index (χ1v) is 12.8. The third-order valence-corrected chi connectivity index (χ3v) is 7.09. The van der Waals surface area contributed by atoms with Gasteiger partial charge in [-0.25, -0.2) is 0 Å². The van der Waals surface area contributed by atoms with Crippen molar-refractivity contribution in [1.82, 2.24) is 0 Å². The molecule has 0 radical (unpaired) electrons. The minimum atomic E-state index is -0.747. The second kappa shape index (κ2) is 11.2. The fourth-order valence-corrected chi connectivity index (χ4v) is 4.77. The molecule has 210 valence electrons. The van der Waals surface area contributed by atoms with Crippen molar-refractivity contribution >= 4 is 29.0 Å². The molecular weight excluding hydrogens is 512 g/mol. The van der Waals surface area contributed by atoms with Gasteiger partial charge in [0, 0.05) is 23.4 Å². The molecule has 1 aliphatic rings. The van der Waals surface area contributed by atoms with Gasteiger partial charge in [0.2, 0.25) is 0 Å². The third kappa shape index (κ3) is 5.80. The van der Waals surface area contributed by atoms with E-state index in [-0.39, 0.29) is 30.5 Å². The van der Waals surface area contributed by atoms with Crippen molar-refractivity contribution in [3.63, 3.8) is 0 Å². The number of hydrogen-bond acceptors (Lipinski definition) is 7. The number of rotatable bonds is 9. The van der Waals surface area contributed by atoms with E-state index < -0.39 is 11.5 Å². The second-order valence-corrected chi connectivity index (χ2v) is 10.1. The number of primary amides is 1. The van der Waals surface area contributed by atoms with Gasteiger partial charge in [-0.15, -0.1) is 0 Å². The number of Topliss-reactive ketones (excluding diaryl/α,β-unsaturated/α-hetero) is 1. The number of fused-ring (bicyclic) bond motifs is 1. The minimum absolute atomic E-state index is 0.0548. The Morgan fingerprint density at radius 1 is 0.975 bits per heavy atom. The van der Waals surface area contributed by atoms with Gasteiger partial charge in [-0.05, 0) is 87.4 Å². The van der Waals surface area contributed by atoms with E-state index in [1.807, 2.05) is 20.8 Å². The van der Waals surface area contributed by atoms with E-state index in [4.69, 9.17) is 31.1 Å². The Morgan fingerprint density at radius 2 is 1.52 bits per heavy atom. The van der Waals surface area contributed by atoms with Crippen molar-refractivity contribution in [2.75, 3.05) is 18.1 Å². The first kappa shape index (κ1) is 28.3. The molecule has 3 aromatic carbocycles. The van der Waals surface area contributed by atoms with Crippen molar-refractivity contribution in [3.8, 4) is 23.0 Å². The zero-order valence-electron chi connectivity index (χ0n) is 23.0. The maximum Gasteiger partial charge on any atom is 0.255 e. The van der Waals surface area contributed by atoms with E-state index in [1.54, 1.807) is 60.4 Å². The van der Waals surface area contributed by atoms with Crippen molar-refractivity contribution in [2.24, 2.45) is 11.5 Å². The Kier molecular flexibility index (Phi) is 7.90. The van der Waals surface area contributed by atoms with Crippen molar-refractivity contribution in [2.45, 2.75) is 46.1 Å². The van der Waals surface area contributed by atoms with Gasteiger partial charge in [0.15, 0.2) is 18.3 Å². The van der Waals surface area contributed by atoms with Gasteiger partial charge in [-0.2, -0.15) is 0 Å². The van der Waals surface area contributed by atoms with Crippen LogP contribution in [0.15, 0.2) is 48.5 Å². The van der Waals surface area contributed by atoms with Crippen LogP contribution in [0.25, 0.3) is 0 Å². The first-order valence-electron chi connectivity index (χ1n) is 12.8. The number of aromatic hydroxyl groups is 1. The number of hydrogen-bond donors (Lipinski definition) is 4. The van der Waals surface area contributed by atoms with Gasteiger partial charge < -0.3 is 30.8 Å². The van der Waals surface area contributed by atoms with Gasteiger partial charge in [0.25, 0.3) is 5.91 Å². The Labute approximate surface area is 233 Å². The molecule has 10 heteroatoms. The number of carbonyl (C=O) groups is 2. The lowest BCUT2D eigenvalue weighted by Crippen LogP contribution is -2.41. The van der Waals surface area contributed by atoms with Gasteiger partial charge in [-0.1, -0.05) is 0 Å². The van der Waals surface area contributed by atoms with Crippen molar-refractivity contribution in [1.29, 1.82) is 5.41 Å². The summed E-state index contributed by atoms with van der Waals surface area (Å²) in [6.07, 6.45) is 0.660. The van der Waals surface area contributed by atoms with E-state index in [9.17, 15) is 14.7 Å². The largest absolute Gasteiger partial charge is 0.507 e. The van der Waals surface area contributed by atoms with Crippen molar-refractivity contribution < 1.29 is 28.9 Å². The second-order valence-electron chi connectivity index (χ2n) is 10.1. The lowest BCUT2D eigenvalue weighted by Gasteiger charge is -2.37. The van der Waals surface area contributed by atoms with E-state index in [1.165, 1.54) is 0 Å². The molecule has 1 aliphatic heterocycles. The number of benzene rings is 3. The summed E-state index contributed by atoms with van der Waals surface area (Å²) in [4.78, 5) is 25.5. The molecule has 0 aliphatic carbocycles. The van der Waals surface area contributed by atoms with Gasteiger partial charge in [-0.3, -0.25) is 19.9 Å². The number of nitrogens with one attached hydrogen (secondary N) is 1. The van der Waals surface area contributed by atoms with E-state index in [0.717, 1.165) is 5.56 Å². The molecule has 4 rings (SSSR count). The minimum Gasteiger partial charge on any atom is -0.507 e. The first-order chi connectivity index (χ1) is 18.9. The van der Waals surface area contributed by atoms with E-state index in [2.05, 4.69) is 0 Å². The summed E-state index contributed by atoms with van der Waals surface area (Å²) >= 11 is 0. The highest BCUT2D eigenvalue weighted by Gasteiger charge is 2.39. The van der Waals surface area contributed by atoms with E-state index >= 15 is 0 Å². The van der Waals surface area contributed by atoms with Crippen LogP contribution < -0.4 is 30.6 Å². The van der Waals surface area contributed by atoms with Crippen LogP contribution >= 0.6 is 0 Å². The van der Waals surface area contributed by atoms with Gasteiger partial charge >= 0.3 is 0 Å². The highest BCUT2D eigenvalue weighted by molar-refractivity contribution is 6.03. The summed E-state index contributed by atoms with van der Waals surface area (Å²) in [5.41, 5.74) is 14.0. The number of anilines is 2. The zero-order chi connectivity index (χ0) is 29.2. The number of nitrogens with zero attached hydrogens (tertiary/aromatic N) is 1. The SMILES string of the molecule is Cc1c(C)c2c(c(C)c1O)C(=O)CC(C)(CCOc1ccc(N(C(=N)N)c3ccc(OCC(N)=O)cc3)cc1)O2. The van der Waals surface area contributed by atoms with Crippen LogP contribution in [0.3, 0.4) is 0 Å². The lowest BCUT2D eigenvalue weighted by atomic mass is 9.85. The molecule has 0 fully saturated rings. The molecule has 0 spiro atoms. The van der Waals surface area contributed by atoms with Crippen LogP contribution in [0.1, 0.15) is 46.8 Å². The number of ether oxygens (including phenoxy) is 3. The maximum atomic E-state index is 13.0. The van der Waals surface area contributed by atoms with E-state index in [0.29, 0.717) is 58.3 Å². The summed E-state index contributed by atoms with van der Waals surface area (Å²) in [6, 6.07) is 13.9. The average Bonchev–Trinajstić information content (AvgIpc) is 2.90. The Morgan fingerprint density at radius 3 is 2.05 bits per heavy atom. The van der Waals surface area contributed by atoms with Crippen LogP contribution in [0.4, 0.5) is 11.4 Å². The predicted molar refractivity (Wildman–Crippen MR) is 152 cm³/mol. The standard InChI is InChI=1S/C30H34N4O6/c1-17-18(2)28-26(19(3)27(17)37)24(35)15-30(4,40-28)13-14-38-22-9-5-20(6-10-22)34(29(32)33)21-7-11-23(12-8-21)39-16-25(31)36/h5-12,37H,13-16H2,1-4H3,(H2,31,36)(H3,32,33). The summed E-state index contributed by atoms with van der Waals surface area (Å²) in [5, 5.41) is 18.4. The molecular formula is C30H34N4O6. The highest BCUT2D eigenvalue weighted by Crippen LogP contribution is 2.44. The number of guanidine groups is 1. The molecule has 6 N–H and O–H groups in total. The summed E-state index contributed by atoms with van der Waals surface area (Å²) in [5.74, 6) is 0.945. The smallest absolute Gasteiger partial charge is 0.255 e. The predicted octanol–water partition coefficient (Wildman–Crippen LogP) is 4.41. The zero-order valence-corrected chi connectivity index (χ0v) is 23.0. The quantitative estimate of drug-likeness (QED) is 0.227. The topological polar surface area (TPSA) is 161 Å². The van der Waals surface area contributed by atoms with Crippen LogP contribution in [0, 0.1) is 26.2 Å². The highest BCUT2D eigenvalue weighted by atomic mass is 16.5. The molecule has 3 aromatic rings. The number of phenolic OH excluding ortho intramolecular Hbond substituents is 1. The molecule has 1 amide bonds. The Hall–Kier alpha value is -4.73. The number of phenols is 1. The molecule has 0 bridgehead atoms. The Bertz CT molecular complexity index is 1450. The normalized spacial score (nSPS) is 16.1. The van der Waals surface area contributed by atoms with Crippen LogP contribution in [0.5, 0.6) is 23.0 Å². The molecule has 1 atom stereocenters. The van der Waals surface area contributed by atoms with Crippen LogP contribution in [-0.4, -0.2) is 41.6 Å². The molecule has 1 heterocycles. The number of carbonyl (C=O) groups excluding carboxylic acids is 2. The molecule has 40 heavy (non-hydrogen) atoms. The summed E-state index contributed by atoms with van der Waals surface area (Å²) in [6.45, 7) is 7.38. The van der Waals surface area contributed by atoms with Gasteiger partial charge in [0.1, 0.15) is 28.6 Å². The number of ketones is 1. The number of amides is 1. The summed E-state index contributed by atoms with van der Waals surface area (Å²) in [7, 11) is 0. The number of nitrogens with two attached hydrogens (primary N) is 2. The van der Waals surface area contributed by atoms with Crippen LogP contribution in [0.2, 0.25) is 0 Å². The monoisotopic (exact) mass is 546 g/mol. The molecule has 0 saturated heterocycles. The van der Waals surface area contributed by atoms with Gasteiger partial charge in [0.05, 0.1) is 18.6 Å². The lowest BCUT2D eigenvalue weighted by molar-refractivity contribution is -0.119. The molecule has 0 saturated carbocycles. The third-order valence-electron chi connectivity index (χ3n) is 7.09. The average molecular weight is 547 g/mol. The van der Waals surface area contributed by atoms with Crippen LogP contribution in [-0.2, 0) is 4.79 Å².